The van der Waals surface area contributed by atoms with Gasteiger partial charge in [0.15, 0.2) is 0 Å². The number of benzene rings is 1. The van der Waals surface area contributed by atoms with Crippen LogP contribution in [0.1, 0.15) is 24.4 Å². The van der Waals surface area contributed by atoms with Gasteiger partial charge in [0.1, 0.15) is 0 Å². The van der Waals surface area contributed by atoms with Gasteiger partial charge in [-0.3, -0.25) is 0 Å². The topological polar surface area (TPSA) is 41.5 Å². The molecule has 2 N–H and O–H groups in total. The van der Waals surface area contributed by atoms with Crippen LogP contribution in [0, 0.1) is 5.92 Å². The van der Waals surface area contributed by atoms with Gasteiger partial charge in [-0.1, -0.05) is 30.3 Å². The first kappa shape index (κ1) is 12.6. The lowest BCUT2D eigenvalue weighted by atomic mass is 10.0. The van der Waals surface area contributed by atoms with Crippen molar-refractivity contribution in [3.63, 3.8) is 0 Å². The van der Waals surface area contributed by atoms with Crippen molar-refractivity contribution < 1.29 is 9.84 Å². The summed E-state index contributed by atoms with van der Waals surface area (Å²) in [7, 11) is 0. The van der Waals surface area contributed by atoms with Crippen molar-refractivity contribution >= 4 is 0 Å². The number of ether oxygens (including phenoxy) is 1. The summed E-state index contributed by atoms with van der Waals surface area (Å²) >= 11 is 0. The Kier molecular flexibility index (Phi) is 4.98. The van der Waals surface area contributed by atoms with E-state index < -0.39 is 0 Å². The van der Waals surface area contributed by atoms with Crippen LogP contribution in [-0.4, -0.2) is 31.5 Å². The number of nitrogens with one attached hydrogen (secondary N) is 1. The predicted octanol–water partition coefficient (Wildman–Crippen LogP) is 1.74. The minimum Gasteiger partial charge on any atom is -0.396 e. The minimum absolute atomic E-state index is 0.216. The van der Waals surface area contributed by atoms with Crippen molar-refractivity contribution in [2.45, 2.75) is 18.9 Å². The second-order valence-electron chi connectivity index (χ2n) is 4.61. The van der Waals surface area contributed by atoms with Crippen molar-refractivity contribution in [2.24, 2.45) is 5.92 Å². The molecule has 2 rings (SSSR count). The van der Waals surface area contributed by atoms with Gasteiger partial charge in [-0.25, -0.2) is 0 Å². The molecule has 1 aliphatic heterocycles. The van der Waals surface area contributed by atoms with E-state index in [-0.39, 0.29) is 12.6 Å². The lowest BCUT2D eigenvalue weighted by molar-refractivity contribution is 0.183. The van der Waals surface area contributed by atoms with Gasteiger partial charge in [-0.2, -0.15) is 0 Å². The molecule has 0 amide bonds. The molecule has 0 aliphatic carbocycles. The molecule has 1 saturated heterocycles. The van der Waals surface area contributed by atoms with E-state index in [4.69, 9.17) is 9.84 Å². The van der Waals surface area contributed by atoms with Gasteiger partial charge < -0.3 is 15.2 Å². The normalized spacial score (nSPS) is 21.6. The smallest absolute Gasteiger partial charge is 0.0507 e. The Morgan fingerprint density at radius 1 is 1.35 bits per heavy atom. The Hall–Kier alpha value is -0.900. The molecule has 0 radical (unpaired) electrons. The van der Waals surface area contributed by atoms with Crippen molar-refractivity contribution in [3.05, 3.63) is 35.9 Å². The second-order valence-corrected chi connectivity index (χ2v) is 4.61. The van der Waals surface area contributed by atoms with E-state index in [1.807, 2.05) is 18.2 Å². The lowest BCUT2D eigenvalue weighted by Gasteiger charge is -2.20. The highest BCUT2D eigenvalue weighted by molar-refractivity contribution is 5.18. The summed E-state index contributed by atoms with van der Waals surface area (Å²) in [6.45, 7) is 2.95. The highest BCUT2D eigenvalue weighted by Gasteiger charge is 2.17. The monoisotopic (exact) mass is 235 g/mol. The molecule has 3 heteroatoms. The summed E-state index contributed by atoms with van der Waals surface area (Å²) in [5.74, 6) is 0.625. The standard InChI is InChI=1S/C14H21NO2/c16-8-6-14(13-4-2-1-3-5-13)15-10-12-7-9-17-11-12/h1-5,12,14-16H,6-11H2/t12-,14-/m0/s1. The largest absolute Gasteiger partial charge is 0.396 e. The molecule has 0 saturated carbocycles. The van der Waals surface area contributed by atoms with E-state index in [0.717, 1.165) is 32.6 Å². The first-order valence-corrected chi connectivity index (χ1v) is 6.37. The Labute approximate surface area is 103 Å². The molecule has 17 heavy (non-hydrogen) atoms. The quantitative estimate of drug-likeness (QED) is 0.789. The number of hydrogen-bond donors (Lipinski definition) is 2. The Balaban J connectivity index is 1.88. The zero-order chi connectivity index (χ0) is 11.9. The van der Waals surface area contributed by atoms with E-state index in [9.17, 15) is 0 Å². The van der Waals surface area contributed by atoms with Gasteiger partial charge in [0.25, 0.3) is 0 Å². The molecule has 1 aromatic rings. The molecular formula is C14H21NO2. The molecule has 1 aliphatic rings. The number of aliphatic hydroxyl groups excluding tert-OH is 1. The molecule has 0 unspecified atom stereocenters. The van der Waals surface area contributed by atoms with Gasteiger partial charge in [0.2, 0.25) is 0 Å². The summed E-state index contributed by atoms with van der Waals surface area (Å²) < 4.78 is 5.37. The van der Waals surface area contributed by atoms with E-state index in [0.29, 0.717) is 5.92 Å². The summed E-state index contributed by atoms with van der Waals surface area (Å²) in [4.78, 5) is 0. The third-order valence-corrected chi connectivity index (χ3v) is 3.30. The van der Waals surface area contributed by atoms with E-state index in [1.165, 1.54) is 5.56 Å². The summed E-state index contributed by atoms with van der Waals surface area (Å²) in [5.41, 5.74) is 1.25. The maximum absolute atomic E-state index is 9.13. The Morgan fingerprint density at radius 3 is 2.82 bits per heavy atom. The first-order valence-electron chi connectivity index (χ1n) is 6.37. The zero-order valence-corrected chi connectivity index (χ0v) is 10.1. The minimum atomic E-state index is 0.216. The third kappa shape index (κ3) is 3.80. The van der Waals surface area contributed by atoms with Crippen LogP contribution in [0.5, 0.6) is 0 Å². The number of rotatable bonds is 6. The van der Waals surface area contributed by atoms with Crippen LogP contribution in [0.25, 0.3) is 0 Å². The van der Waals surface area contributed by atoms with Gasteiger partial charge in [-0.15, -0.1) is 0 Å². The molecule has 2 atom stereocenters. The van der Waals surface area contributed by atoms with Crippen LogP contribution in [0.15, 0.2) is 30.3 Å². The maximum Gasteiger partial charge on any atom is 0.0507 e. The summed E-state index contributed by atoms with van der Waals surface area (Å²) in [6, 6.07) is 10.6. The van der Waals surface area contributed by atoms with Gasteiger partial charge in [0, 0.05) is 25.8 Å². The lowest BCUT2D eigenvalue weighted by Crippen LogP contribution is -2.28. The average molecular weight is 235 g/mol. The van der Waals surface area contributed by atoms with Crippen LogP contribution >= 0.6 is 0 Å². The fourth-order valence-corrected chi connectivity index (χ4v) is 2.25. The SMILES string of the molecule is OCC[C@H](NC[C@@H]1CCOC1)c1ccccc1. The van der Waals surface area contributed by atoms with Crippen molar-refractivity contribution in [1.29, 1.82) is 0 Å². The molecule has 0 spiro atoms. The second kappa shape index (κ2) is 6.74. The predicted molar refractivity (Wildman–Crippen MR) is 67.8 cm³/mol. The van der Waals surface area contributed by atoms with Crippen molar-refractivity contribution in [3.8, 4) is 0 Å². The molecule has 0 bridgehead atoms. The van der Waals surface area contributed by atoms with Crippen LogP contribution < -0.4 is 5.32 Å². The van der Waals surface area contributed by atoms with E-state index in [2.05, 4.69) is 17.4 Å². The molecule has 1 aromatic carbocycles. The van der Waals surface area contributed by atoms with Crippen LogP contribution in [-0.2, 0) is 4.74 Å². The van der Waals surface area contributed by atoms with Gasteiger partial charge in [-0.05, 0) is 24.3 Å². The summed E-state index contributed by atoms with van der Waals surface area (Å²) in [5, 5.41) is 12.7. The molecule has 0 aromatic heterocycles. The molecule has 1 fully saturated rings. The molecule has 94 valence electrons. The first-order chi connectivity index (χ1) is 8.40. The number of hydrogen-bond acceptors (Lipinski definition) is 3. The van der Waals surface area contributed by atoms with Crippen LogP contribution in [0.4, 0.5) is 0 Å². The molecular weight excluding hydrogens is 214 g/mol. The van der Waals surface area contributed by atoms with E-state index >= 15 is 0 Å². The number of aliphatic hydroxyl groups is 1. The van der Waals surface area contributed by atoms with Crippen LogP contribution in [0.3, 0.4) is 0 Å². The maximum atomic E-state index is 9.13. The Bertz CT molecular complexity index is 309. The highest BCUT2D eigenvalue weighted by atomic mass is 16.5. The van der Waals surface area contributed by atoms with Gasteiger partial charge in [0.05, 0.1) is 6.61 Å². The average Bonchev–Trinajstić information content (AvgIpc) is 2.88. The van der Waals surface area contributed by atoms with Crippen LogP contribution in [0.2, 0.25) is 0 Å². The van der Waals surface area contributed by atoms with Gasteiger partial charge >= 0.3 is 0 Å². The van der Waals surface area contributed by atoms with Crippen molar-refractivity contribution in [1.82, 2.24) is 5.32 Å². The van der Waals surface area contributed by atoms with E-state index in [1.54, 1.807) is 0 Å². The third-order valence-electron chi connectivity index (χ3n) is 3.30. The molecule has 1 heterocycles. The Morgan fingerprint density at radius 2 is 2.18 bits per heavy atom. The fraction of sp³-hybridized carbons (Fsp3) is 0.571. The highest BCUT2D eigenvalue weighted by Crippen LogP contribution is 2.18. The zero-order valence-electron chi connectivity index (χ0n) is 10.1. The molecule has 3 nitrogen and oxygen atoms in total. The summed E-state index contributed by atoms with van der Waals surface area (Å²) in [6.07, 6.45) is 1.91. The fourth-order valence-electron chi connectivity index (χ4n) is 2.25. The van der Waals surface area contributed by atoms with Crippen molar-refractivity contribution in [2.75, 3.05) is 26.4 Å².